The molecule has 1 aromatic heterocycles. The van der Waals surface area contributed by atoms with Crippen LogP contribution in [-0.2, 0) is 0 Å². The number of benzene rings is 2. The van der Waals surface area contributed by atoms with Crippen molar-refractivity contribution in [1.82, 2.24) is 4.98 Å². The molecule has 0 spiro atoms. The molecule has 2 heterocycles. The minimum absolute atomic E-state index is 0.000361. The van der Waals surface area contributed by atoms with E-state index in [4.69, 9.17) is 11.6 Å². The number of fused-ring (bicyclic) bond motifs is 1. The average molecular weight is 382 g/mol. The Morgan fingerprint density at radius 2 is 1.96 bits per heavy atom. The Kier molecular flexibility index (Phi) is 4.26. The first-order chi connectivity index (χ1) is 12.5. The molecule has 130 valence electrons. The minimum Gasteiger partial charge on any atom is -0.492 e. The van der Waals surface area contributed by atoms with Crippen LogP contribution in [0.1, 0.15) is 22.9 Å². The van der Waals surface area contributed by atoms with Crippen molar-refractivity contribution in [2.75, 3.05) is 5.32 Å². The number of aliphatic imine (C=N–C) groups is 1. The number of allylic oxidation sites excluding steroid dienone is 1. The molecule has 0 fully saturated rings. The summed E-state index contributed by atoms with van der Waals surface area (Å²) in [4.78, 5) is 9.48. The smallest absolute Gasteiger partial charge is 0.231 e. The zero-order valence-corrected chi connectivity index (χ0v) is 15.8. The summed E-state index contributed by atoms with van der Waals surface area (Å²) >= 11 is 7.55. The van der Waals surface area contributed by atoms with Crippen LogP contribution >= 0.6 is 22.9 Å². The van der Waals surface area contributed by atoms with Crippen molar-refractivity contribution in [3.8, 4) is 5.88 Å². The largest absolute Gasteiger partial charge is 0.492 e. The van der Waals surface area contributed by atoms with Crippen LogP contribution in [0.2, 0.25) is 5.02 Å². The van der Waals surface area contributed by atoms with E-state index in [9.17, 15) is 5.11 Å². The fourth-order valence-electron chi connectivity index (χ4n) is 2.81. The lowest BCUT2D eigenvalue weighted by Crippen LogP contribution is -1.89. The van der Waals surface area contributed by atoms with Crippen LogP contribution in [0.15, 0.2) is 47.5 Å². The van der Waals surface area contributed by atoms with Gasteiger partial charge >= 0.3 is 0 Å². The number of nitrogens with zero attached hydrogens (tertiary/aromatic N) is 2. The van der Waals surface area contributed by atoms with Crippen LogP contribution in [0.5, 0.6) is 5.88 Å². The summed E-state index contributed by atoms with van der Waals surface area (Å²) in [7, 11) is 0. The molecular weight excluding hydrogens is 366 g/mol. The second-order valence-corrected chi connectivity index (χ2v) is 7.51. The van der Waals surface area contributed by atoms with Gasteiger partial charge in [-0.15, -0.1) is 0 Å². The fourth-order valence-corrected chi connectivity index (χ4v) is 3.82. The van der Waals surface area contributed by atoms with Crippen molar-refractivity contribution in [3.63, 3.8) is 0 Å². The molecule has 3 aromatic rings. The number of nitrogens with one attached hydrogen (secondary N) is 1. The molecule has 0 saturated carbocycles. The van der Waals surface area contributed by atoms with Gasteiger partial charge in [0.25, 0.3) is 0 Å². The number of para-hydroxylation sites is 1. The lowest BCUT2D eigenvalue weighted by Gasteiger charge is -2.04. The number of aromatic hydroxyl groups is 1. The van der Waals surface area contributed by atoms with Gasteiger partial charge in [-0.3, -0.25) is 4.99 Å². The first-order valence-electron chi connectivity index (χ1n) is 8.11. The van der Waals surface area contributed by atoms with Gasteiger partial charge in [0.05, 0.1) is 10.6 Å². The van der Waals surface area contributed by atoms with E-state index in [0.717, 1.165) is 33.8 Å². The summed E-state index contributed by atoms with van der Waals surface area (Å²) in [5.41, 5.74) is 5.80. The van der Waals surface area contributed by atoms with E-state index in [-0.39, 0.29) is 5.88 Å². The Balaban J connectivity index is 1.65. The van der Waals surface area contributed by atoms with Gasteiger partial charge in [0.1, 0.15) is 0 Å². The highest BCUT2D eigenvalue weighted by Gasteiger charge is 2.19. The van der Waals surface area contributed by atoms with Crippen molar-refractivity contribution in [1.29, 1.82) is 0 Å². The van der Waals surface area contributed by atoms with Gasteiger partial charge in [0, 0.05) is 27.6 Å². The molecule has 0 radical (unpaired) electrons. The van der Waals surface area contributed by atoms with Crippen molar-refractivity contribution < 1.29 is 5.11 Å². The van der Waals surface area contributed by atoms with Crippen LogP contribution in [0.25, 0.3) is 11.6 Å². The molecule has 0 amide bonds. The SMILES string of the molecule is CC1=Nc2ccccc2C1=Cc1sc(Nc2ccc(C)c(Cl)c2)nc1O. The summed E-state index contributed by atoms with van der Waals surface area (Å²) in [6, 6.07) is 13.7. The van der Waals surface area contributed by atoms with E-state index >= 15 is 0 Å². The summed E-state index contributed by atoms with van der Waals surface area (Å²) in [6.45, 7) is 3.92. The van der Waals surface area contributed by atoms with Crippen LogP contribution in [0, 0.1) is 6.92 Å². The topological polar surface area (TPSA) is 57.5 Å². The Labute approximate surface area is 160 Å². The molecule has 0 bridgehead atoms. The summed E-state index contributed by atoms with van der Waals surface area (Å²) in [5.74, 6) is 0.000361. The number of halogens is 1. The summed E-state index contributed by atoms with van der Waals surface area (Å²) in [5, 5.41) is 14.7. The lowest BCUT2D eigenvalue weighted by molar-refractivity contribution is 0.457. The number of rotatable bonds is 3. The van der Waals surface area contributed by atoms with E-state index in [1.165, 1.54) is 11.3 Å². The maximum Gasteiger partial charge on any atom is 0.231 e. The molecule has 6 heteroatoms. The second kappa shape index (κ2) is 6.59. The summed E-state index contributed by atoms with van der Waals surface area (Å²) < 4.78 is 0. The molecule has 26 heavy (non-hydrogen) atoms. The number of anilines is 2. The van der Waals surface area contributed by atoms with E-state index in [1.54, 1.807) is 0 Å². The third-order valence-corrected chi connectivity index (χ3v) is 5.52. The fraction of sp³-hybridized carbons (Fsp3) is 0.100. The van der Waals surface area contributed by atoms with Crippen LogP contribution in [-0.4, -0.2) is 15.8 Å². The van der Waals surface area contributed by atoms with Gasteiger partial charge in [0.2, 0.25) is 5.88 Å². The van der Waals surface area contributed by atoms with Crippen LogP contribution < -0.4 is 5.32 Å². The zero-order valence-electron chi connectivity index (χ0n) is 14.2. The second-order valence-electron chi connectivity index (χ2n) is 6.07. The third-order valence-electron chi connectivity index (χ3n) is 4.21. The van der Waals surface area contributed by atoms with Crippen molar-refractivity contribution in [2.45, 2.75) is 13.8 Å². The molecule has 2 N–H and O–H groups in total. The van der Waals surface area contributed by atoms with E-state index in [1.807, 2.05) is 62.4 Å². The lowest BCUT2D eigenvalue weighted by atomic mass is 10.0. The molecule has 1 aliphatic heterocycles. The normalized spacial score (nSPS) is 14.4. The first-order valence-corrected chi connectivity index (χ1v) is 9.30. The molecule has 4 nitrogen and oxygen atoms in total. The molecule has 0 aliphatic carbocycles. The van der Waals surface area contributed by atoms with Crippen molar-refractivity contribution >= 4 is 56.8 Å². The van der Waals surface area contributed by atoms with Gasteiger partial charge in [-0.2, -0.15) is 4.98 Å². The van der Waals surface area contributed by atoms with Gasteiger partial charge in [0.15, 0.2) is 5.13 Å². The number of aromatic nitrogens is 1. The highest BCUT2D eigenvalue weighted by molar-refractivity contribution is 7.16. The Hall–Kier alpha value is -2.63. The van der Waals surface area contributed by atoms with Gasteiger partial charge < -0.3 is 10.4 Å². The monoisotopic (exact) mass is 381 g/mol. The van der Waals surface area contributed by atoms with Crippen molar-refractivity contribution in [2.24, 2.45) is 4.99 Å². The molecule has 2 aromatic carbocycles. The molecule has 0 unspecified atom stereocenters. The van der Waals surface area contributed by atoms with E-state index in [2.05, 4.69) is 15.3 Å². The molecule has 0 saturated heterocycles. The van der Waals surface area contributed by atoms with Gasteiger partial charge in [-0.05, 0) is 43.7 Å². The Bertz CT molecular complexity index is 1070. The summed E-state index contributed by atoms with van der Waals surface area (Å²) in [6.07, 6.45) is 1.94. The molecule has 0 atom stereocenters. The molecule has 4 rings (SSSR count). The predicted molar refractivity (Wildman–Crippen MR) is 110 cm³/mol. The molecule has 1 aliphatic rings. The number of hydrogen-bond acceptors (Lipinski definition) is 5. The Morgan fingerprint density at radius 1 is 1.15 bits per heavy atom. The Morgan fingerprint density at radius 3 is 2.77 bits per heavy atom. The maximum absolute atomic E-state index is 10.3. The van der Waals surface area contributed by atoms with Crippen LogP contribution in [0.3, 0.4) is 0 Å². The highest BCUT2D eigenvalue weighted by Crippen LogP contribution is 2.39. The quantitative estimate of drug-likeness (QED) is 0.567. The highest BCUT2D eigenvalue weighted by atomic mass is 35.5. The van der Waals surface area contributed by atoms with Crippen LogP contribution in [0.4, 0.5) is 16.5 Å². The number of thiazole rings is 1. The van der Waals surface area contributed by atoms with Crippen molar-refractivity contribution in [3.05, 3.63) is 63.5 Å². The number of hydrogen-bond donors (Lipinski definition) is 2. The van der Waals surface area contributed by atoms with Gasteiger partial charge in [-0.25, -0.2) is 0 Å². The maximum atomic E-state index is 10.3. The molecular formula is C20H16ClN3OS. The average Bonchev–Trinajstić information content (AvgIpc) is 3.11. The van der Waals surface area contributed by atoms with E-state index in [0.29, 0.717) is 15.0 Å². The zero-order chi connectivity index (χ0) is 18.3. The first kappa shape index (κ1) is 16.8. The minimum atomic E-state index is 0.000361. The third kappa shape index (κ3) is 3.11. The van der Waals surface area contributed by atoms with E-state index < -0.39 is 0 Å². The van der Waals surface area contributed by atoms with Gasteiger partial charge in [-0.1, -0.05) is 47.2 Å². The number of aryl methyl sites for hydroxylation is 1. The predicted octanol–water partition coefficient (Wildman–Crippen LogP) is 6.20. The standard InChI is InChI=1S/C20H16ClN3OS/c1-11-7-8-13(9-16(11)21)23-20-24-19(25)18(26-20)10-15-12(2)22-17-6-4-3-5-14(15)17/h3-10,25H,1-2H3,(H,23,24).